The predicted octanol–water partition coefficient (Wildman–Crippen LogP) is 4.64. The van der Waals surface area contributed by atoms with Crippen LogP contribution in [0.25, 0.3) is 0 Å². The number of carboxylic acid groups (broad SMARTS) is 1. The van der Waals surface area contributed by atoms with E-state index in [0.29, 0.717) is 17.8 Å². The number of aliphatic carboxylic acids is 1. The van der Waals surface area contributed by atoms with Crippen LogP contribution in [0.5, 0.6) is 0 Å². The number of piperidine rings is 1. The van der Waals surface area contributed by atoms with Crippen LogP contribution >= 0.6 is 11.8 Å². The van der Waals surface area contributed by atoms with Gasteiger partial charge in [0, 0.05) is 36.9 Å². The van der Waals surface area contributed by atoms with Crippen molar-refractivity contribution in [2.24, 2.45) is 23.7 Å². The molecule has 5 rings (SSSR count). The van der Waals surface area contributed by atoms with Gasteiger partial charge in [0.25, 0.3) is 0 Å². The molecule has 3 aliphatic rings. The number of nitrogens with one attached hydrogen (secondary N) is 1. The molecule has 30 heavy (non-hydrogen) atoms. The van der Waals surface area contributed by atoms with Gasteiger partial charge >= 0.3 is 5.97 Å². The molecule has 7 heteroatoms. The molecule has 1 aliphatic carbocycles. The second kappa shape index (κ2) is 8.19. The lowest BCUT2D eigenvalue weighted by Gasteiger charge is -2.45. The van der Waals surface area contributed by atoms with E-state index in [1.165, 1.54) is 16.9 Å². The molecule has 1 aromatic carbocycles. The maximum Gasteiger partial charge on any atom is 0.306 e. The fraction of sp³-hybridized carbons (Fsp3) is 0.522. The van der Waals surface area contributed by atoms with Gasteiger partial charge in [0.1, 0.15) is 5.03 Å². The van der Waals surface area contributed by atoms with Gasteiger partial charge in [-0.2, -0.15) is 0 Å². The Kier molecular flexibility index (Phi) is 5.41. The fourth-order valence-corrected chi connectivity index (χ4v) is 6.60. The zero-order valence-electron chi connectivity index (χ0n) is 17.3. The number of anilines is 2. The van der Waals surface area contributed by atoms with Gasteiger partial charge in [-0.25, -0.2) is 9.97 Å². The first kappa shape index (κ1) is 19.8. The second-order valence-electron chi connectivity index (χ2n) is 9.01. The average molecular weight is 425 g/mol. The predicted molar refractivity (Wildman–Crippen MR) is 117 cm³/mol. The molecular weight excluding hydrogens is 396 g/mol. The standard InChI is InChI=1S/C23H28N4O2S/c1-2-18(23(28)29)17-8-15-7-16(9-17)13-27(12-15)11-14-3-4-20-19(10-14)26-21-22(30-20)25-6-5-24-21/h3-6,10,15-18H,2,7-9,11-13H2,1H3,(H,24,26)(H,28,29). The minimum Gasteiger partial charge on any atom is -0.481 e. The number of aromatic nitrogens is 2. The van der Waals surface area contributed by atoms with Crippen molar-refractivity contribution >= 4 is 29.2 Å². The topological polar surface area (TPSA) is 78.4 Å². The molecule has 2 bridgehead atoms. The third-order valence-electron chi connectivity index (χ3n) is 6.87. The maximum atomic E-state index is 11.6. The average Bonchev–Trinajstić information content (AvgIpc) is 2.72. The zero-order chi connectivity index (χ0) is 20.7. The first-order valence-corrected chi connectivity index (χ1v) is 11.7. The van der Waals surface area contributed by atoms with Crippen molar-refractivity contribution in [1.82, 2.24) is 14.9 Å². The Hall–Kier alpha value is -2.12. The Morgan fingerprint density at radius 3 is 2.73 bits per heavy atom. The Morgan fingerprint density at radius 2 is 2.00 bits per heavy atom. The van der Waals surface area contributed by atoms with E-state index in [4.69, 9.17) is 0 Å². The van der Waals surface area contributed by atoms with Gasteiger partial charge in [0.2, 0.25) is 0 Å². The summed E-state index contributed by atoms with van der Waals surface area (Å²) in [5.41, 5.74) is 2.41. The van der Waals surface area contributed by atoms with E-state index in [1.54, 1.807) is 24.2 Å². The Labute approximate surface area is 181 Å². The van der Waals surface area contributed by atoms with E-state index < -0.39 is 5.97 Å². The van der Waals surface area contributed by atoms with Gasteiger partial charge in [-0.05, 0) is 61.1 Å². The normalized spacial score (nSPS) is 26.2. The molecule has 1 aromatic heterocycles. The summed E-state index contributed by atoms with van der Waals surface area (Å²) in [5, 5.41) is 13.9. The Balaban J connectivity index is 1.25. The van der Waals surface area contributed by atoms with Crippen molar-refractivity contribution in [3.63, 3.8) is 0 Å². The molecule has 6 nitrogen and oxygen atoms in total. The Morgan fingerprint density at radius 1 is 1.23 bits per heavy atom. The number of benzene rings is 1. The van der Waals surface area contributed by atoms with Crippen molar-refractivity contribution in [2.45, 2.75) is 49.1 Å². The summed E-state index contributed by atoms with van der Waals surface area (Å²) in [4.78, 5) is 24.2. The number of carboxylic acids is 1. The number of hydrogen-bond donors (Lipinski definition) is 2. The van der Waals surface area contributed by atoms with Crippen LogP contribution in [0.2, 0.25) is 0 Å². The fourth-order valence-electron chi connectivity index (χ4n) is 5.72. The van der Waals surface area contributed by atoms with Crippen molar-refractivity contribution in [1.29, 1.82) is 0 Å². The van der Waals surface area contributed by atoms with E-state index in [0.717, 1.165) is 55.4 Å². The van der Waals surface area contributed by atoms with E-state index in [-0.39, 0.29) is 5.92 Å². The summed E-state index contributed by atoms with van der Waals surface area (Å²) >= 11 is 1.66. The molecule has 2 N–H and O–H groups in total. The van der Waals surface area contributed by atoms with Crippen molar-refractivity contribution in [3.05, 3.63) is 36.2 Å². The third kappa shape index (κ3) is 3.93. The van der Waals surface area contributed by atoms with E-state index in [2.05, 4.69) is 38.4 Å². The van der Waals surface area contributed by atoms with Crippen molar-refractivity contribution in [3.8, 4) is 0 Å². The van der Waals surface area contributed by atoms with Gasteiger partial charge in [0.15, 0.2) is 5.82 Å². The molecule has 0 spiro atoms. The van der Waals surface area contributed by atoms with Crippen LogP contribution in [0.1, 0.15) is 38.2 Å². The van der Waals surface area contributed by atoms with Crippen LogP contribution in [-0.2, 0) is 11.3 Å². The molecule has 2 aliphatic heterocycles. The number of fused-ring (bicyclic) bond motifs is 4. The van der Waals surface area contributed by atoms with Gasteiger partial charge in [-0.15, -0.1) is 0 Å². The van der Waals surface area contributed by atoms with E-state index in [1.807, 2.05) is 6.92 Å². The van der Waals surface area contributed by atoms with Gasteiger partial charge < -0.3 is 10.4 Å². The number of likely N-dealkylation sites (tertiary alicyclic amines) is 1. The summed E-state index contributed by atoms with van der Waals surface area (Å²) in [5.74, 6) is 1.66. The maximum absolute atomic E-state index is 11.6. The first-order chi connectivity index (χ1) is 14.6. The Bertz CT molecular complexity index is 939. The second-order valence-corrected chi connectivity index (χ2v) is 10.0. The quantitative estimate of drug-likeness (QED) is 0.617. The molecule has 3 heterocycles. The molecule has 1 saturated heterocycles. The molecular formula is C23H28N4O2S. The highest BCUT2D eigenvalue weighted by Gasteiger charge is 2.39. The van der Waals surface area contributed by atoms with Crippen LogP contribution in [0.3, 0.4) is 0 Å². The smallest absolute Gasteiger partial charge is 0.306 e. The van der Waals surface area contributed by atoms with Gasteiger partial charge in [0.05, 0.1) is 11.6 Å². The SMILES string of the molecule is CCC(C(=O)O)C1CC2CC(C1)CN(Cc1ccc3c(c1)Nc1nccnc1S3)C2. The summed E-state index contributed by atoms with van der Waals surface area (Å²) in [6.45, 7) is 5.12. The molecule has 3 unspecified atom stereocenters. The minimum atomic E-state index is -0.606. The number of carbonyl (C=O) groups is 1. The van der Waals surface area contributed by atoms with Crippen LogP contribution in [-0.4, -0.2) is 39.0 Å². The zero-order valence-corrected chi connectivity index (χ0v) is 18.1. The number of hydrogen-bond acceptors (Lipinski definition) is 6. The lowest BCUT2D eigenvalue weighted by atomic mass is 9.68. The highest BCUT2D eigenvalue weighted by molar-refractivity contribution is 7.99. The van der Waals surface area contributed by atoms with Crippen LogP contribution in [0, 0.1) is 23.7 Å². The highest BCUT2D eigenvalue weighted by atomic mass is 32.2. The van der Waals surface area contributed by atoms with Crippen LogP contribution < -0.4 is 5.32 Å². The lowest BCUT2D eigenvalue weighted by molar-refractivity contribution is -0.145. The van der Waals surface area contributed by atoms with E-state index in [9.17, 15) is 9.90 Å². The van der Waals surface area contributed by atoms with Crippen LogP contribution in [0.4, 0.5) is 11.5 Å². The number of rotatable bonds is 5. The molecule has 0 radical (unpaired) electrons. The van der Waals surface area contributed by atoms with Gasteiger partial charge in [-0.3, -0.25) is 9.69 Å². The van der Waals surface area contributed by atoms with Crippen molar-refractivity contribution < 1.29 is 9.90 Å². The van der Waals surface area contributed by atoms with Gasteiger partial charge in [-0.1, -0.05) is 24.8 Å². The number of nitrogens with zero attached hydrogens (tertiary/aromatic N) is 3. The summed E-state index contributed by atoms with van der Waals surface area (Å²) in [6, 6.07) is 6.64. The molecule has 2 fully saturated rings. The lowest BCUT2D eigenvalue weighted by Crippen LogP contribution is -2.45. The van der Waals surface area contributed by atoms with Crippen LogP contribution in [0.15, 0.2) is 40.5 Å². The van der Waals surface area contributed by atoms with E-state index >= 15 is 0 Å². The minimum absolute atomic E-state index is 0.169. The molecule has 1 saturated carbocycles. The summed E-state index contributed by atoms with van der Waals surface area (Å²) in [6.07, 6.45) is 7.58. The molecule has 2 aromatic rings. The third-order valence-corrected chi connectivity index (χ3v) is 7.94. The highest BCUT2D eigenvalue weighted by Crippen LogP contribution is 2.44. The monoisotopic (exact) mass is 424 g/mol. The molecule has 3 atom stereocenters. The molecule has 158 valence electrons. The summed E-state index contributed by atoms with van der Waals surface area (Å²) in [7, 11) is 0. The summed E-state index contributed by atoms with van der Waals surface area (Å²) < 4.78 is 0. The molecule has 0 amide bonds. The largest absolute Gasteiger partial charge is 0.481 e. The first-order valence-electron chi connectivity index (χ1n) is 10.9. The van der Waals surface area contributed by atoms with Crippen molar-refractivity contribution in [2.75, 3.05) is 18.4 Å².